The number of thioether (sulfide) groups is 1. The number of carbonyl (C=O) groups is 1. The fourth-order valence-corrected chi connectivity index (χ4v) is 5.03. The van der Waals surface area contributed by atoms with E-state index in [-0.39, 0.29) is 16.6 Å². The lowest BCUT2D eigenvalue weighted by molar-refractivity contribution is -0.114. The van der Waals surface area contributed by atoms with E-state index in [1.807, 2.05) is 51.1 Å². The van der Waals surface area contributed by atoms with Crippen molar-refractivity contribution < 1.29 is 13.9 Å². The van der Waals surface area contributed by atoms with Crippen molar-refractivity contribution in [2.45, 2.75) is 20.8 Å². The third-order valence-electron chi connectivity index (χ3n) is 5.73. The molecule has 2 aliphatic heterocycles. The average Bonchev–Trinajstić information content (AvgIpc) is 3.38. The topological polar surface area (TPSA) is 83.0 Å². The van der Waals surface area contributed by atoms with Crippen molar-refractivity contribution in [3.63, 3.8) is 0 Å². The van der Waals surface area contributed by atoms with Crippen LogP contribution in [0.1, 0.15) is 29.4 Å². The maximum atomic E-state index is 14.3. The first-order valence-corrected chi connectivity index (χ1v) is 11.9. The van der Waals surface area contributed by atoms with Crippen LogP contribution < -0.4 is 4.74 Å². The lowest BCUT2D eigenvalue weighted by Crippen LogP contribution is -2.35. The molecule has 0 fully saturated rings. The number of aryl methyl sites for hydroxylation is 1. The number of hydrogen-bond donors (Lipinski definition) is 1. The largest absolute Gasteiger partial charge is 0.492 e. The number of para-hydroxylation sites is 2. The molecule has 3 aromatic rings. The predicted octanol–water partition coefficient (Wildman–Crippen LogP) is 5.30. The summed E-state index contributed by atoms with van der Waals surface area (Å²) in [6, 6.07) is 16.0. The second-order valence-electron chi connectivity index (χ2n) is 7.97. The van der Waals surface area contributed by atoms with Gasteiger partial charge in [0, 0.05) is 17.0 Å². The standard InChI is InChI=1S/C26H22FN5O2S/c1-4-34-22-12-8-7-11-21(22)31-15(2)13-17(16(31)3)14-19-23(28)32-26(29-24(19)33)35-25(30-32)18-9-5-6-10-20(18)27/h5-14,28H,4H2,1-3H3. The Morgan fingerprint density at radius 1 is 1.14 bits per heavy atom. The summed E-state index contributed by atoms with van der Waals surface area (Å²) in [5.74, 6) is -0.292. The zero-order valence-corrected chi connectivity index (χ0v) is 20.2. The van der Waals surface area contributed by atoms with Gasteiger partial charge < -0.3 is 9.30 Å². The van der Waals surface area contributed by atoms with Crippen molar-refractivity contribution in [3.05, 3.63) is 88.5 Å². The van der Waals surface area contributed by atoms with Crippen LogP contribution in [0, 0.1) is 25.1 Å². The zero-order valence-electron chi connectivity index (χ0n) is 19.4. The molecule has 0 bridgehead atoms. The average molecular weight is 488 g/mol. The summed E-state index contributed by atoms with van der Waals surface area (Å²) in [5, 5.41) is 14.9. The number of rotatable bonds is 5. The van der Waals surface area contributed by atoms with Gasteiger partial charge in [-0.25, -0.2) is 4.39 Å². The summed E-state index contributed by atoms with van der Waals surface area (Å²) < 4.78 is 22.1. The van der Waals surface area contributed by atoms with Gasteiger partial charge >= 0.3 is 0 Å². The molecule has 5 rings (SSSR count). The Bertz CT molecular complexity index is 1470. The monoisotopic (exact) mass is 487 g/mol. The molecule has 176 valence electrons. The number of fused-ring (bicyclic) bond motifs is 1. The normalized spacial score (nSPS) is 16.5. The van der Waals surface area contributed by atoms with E-state index in [0.29, 0.717) is 17.2 Å². The first kappa shape index (κ1) is 22.8. The van der Waals surface area contributed by atoms with Crippen molar-refractivity contribution in [2.75, 3.05) is 6.61 Å². The van der Waals surface area contributed by atoms with E-state index in [0.717, 1.165) is 40.2 Å². The van der Waals surface area contributed by atoms with Crippen molar-refractivity contribution >= 4 is 39.8 Å². The number of hydrazone groups is 1. The first-order chi connectivity index (χ1) is 16.9. The van der Waals surface area contributed by atoms with Gasteiger partial charge in [-0.15, -0.1) is 0 Å². The molecule has 2 aromatic carbocycles. The number of nitrogens with zero attached hydrogens (tertiary/aromatic N) is 4. The highest BCUT2D eigenvalue weighted by Gasteiger charge is 2.36. The third kappa shape index (κ3) is 3.97. The summed E-state index contributed by atoms with van der Waals surface area (Å²) in [7, 11) is 0. The van der Waals surface area contributed by atoms with Gasteiger partial charge in [0.05, 0.1) is 17.9 Å². The van der Waals surface area contributed by atoms with Gasteiger partial charge in [0.25, 0.3) is 5.91 Å². The van der Waals surface area contributed by atoms with Gasteiger partial charge in [-0.05, 0) is 74.5 Å². The van der Waals surface area contributed by atoms with Crippen LogP contribution in [0.3, 0.4) is 0 Å². The minimum atomic E-state index is -0.529. The Labute approximate surface area is 206 Å². The molecule has 9 heteroatoms. The Balaban J connectivity index is 1.52. The highest BCUT2D eigenvalue weighted by Crippen LogP contribution is 2.33. The Hall–Kier alpha value is -3.98. The summed E-state index contributed by atoms with van der Waals surface area (Å²) in [4.78, 5) is 17.0. The smallest absolute Gasteiger partial charge is 0.283 e. The summed E-state index contributed by atoms with van der Waals surface area (Å²) in [5.41, 5.74) is 3.95. The van der Waals surface area contributed by atoms with Crippen LogP contribution in [0.25, 0.3) is 11.8 Å². The van der Waals surface area contributed by atoms with Crippen LogP contribution in [0.2, 0.25) is 0 Å². The highest BCUT2D eigenvalue weighted by atomic mass is 32.2. The molecule has 0 aliphatic carbocycles. The van der Waals surface area contributed by atoms with Gasteiger partial charge in [-0.3, -0.25) is 10.2 Å². The molecule has 0 unspecified atom stereocenters. The van der Waals surface area contributed by atoms with E-state index in [2.05, 4.69) is 14.7 Å². The number of aromatic nitrogens is 1. The minimum Gasteiger partial charge on any atom is -0.492 e. The van der Waals surface area contributed by atoms with Crippen LogP contribution in [0.5, 0.6) is 5.75 Å². The second-order valence-corrected chi connectivity index (χ2v) is 8.92. The van der Waals surface area contributed by atoms with Gasteiger partial charge in [0.2, 0.25) is 5.17 Å². The number of ether oxygens (including phenoxy) is 1. The van der Waals surface area contributed by atoms with Gasteiger partial charge in [0.1, 0.15) is 16.6 Å². The summed E-state index contributed by atoms with van der Waals surface area (Å²) in [6.45, 7) is 6.41. The maximum Gasteiger partial charge on any atom is 0.283 e. The number of aliphatic imine (C=N–C) groups is 1. The lowest BCUT2D eigenvalue weighted by atomic mass is 10.1. The fourth-order valence-electron chi connectivity index (χ4n) is 4.12. The summed E-state index contributed by atoms with van der Waals surface area (Å²) in [6.07, 6.45) is 1.66. The van der Waals surface area contributed by atoms with E-state index < -0.39 is 11.7 Å². The Kier molecular flexibility index (Phi) is 5.86. The molecule has 2 aliphatic rings. The maximum absolute atomic E-state index is 14.3. The second kappa shape index (κ2) is 8.99. The molecule has 3 heterocycles. The number of carbonyl (C=O) groups excluding carboxylic acids is 1. The number of benzene rings is 2. The number of halogens is 1. The van der Waals surface area contributed by atoms with E-state index in [1.54, 1.807) is 24.3 Å². The lowest BCUT2D eigenvalue weighted by Gasteiger charge is -2.20. The molecule has 1 amide bonds. The Morgan fingerprint density at radius 3 is 2.66 bits per heavy atom. The predicted molar refractivity (Wildman–Crippen MR) is 137 cm³/mol. The SMILES string of the molecule is CCOc1ccccc1-n1c(C)cc(C=C2C(=N)N3N=C(c4ccccc4F)SC3=NC2=O)c1C. The molecule has 0 radical (unpaired) electrons. The van der Waals surface area contributed by atoms with E-state index in [4.69, 9.17) is 10.1 Å². The van der Waals surface area contributed by atoms with Crippen LogP contribution in [0.15, 0.2) is 70.3 Å². The zero-order chi connectivity index (χ0) is 24.7. The number of hydrogen-bond acceptors (Lipinski definition) is 5. The number of amides is 1. The molecule has 0 atom stereocenters. The third-order valence-corrected chi connectivity index (χ3v) is 6.68. The molecular weight excluding hydrogens is 465 g/mol. The van der Waals surface area contributed by atoms with Gasteiger partial charge in [0.15, 0.2) is 5.84 Å². The molecular formula is C26H22FN5O2S. The molecule has 0 saturated heterocycles. The molecule has 1 aromatic heterocycles. The van der Waals surface area contributed by atoms with Crippen LogP contribution in [0.4, 0.5) is 4.39 Å². The number of nitrogens with one attached hydrogen (secondary N) is 1. The van der Waals surface area contributed by atoms with Crippen LogP contribution in [-0.2, 0) is 4.79 Å². The van der Waals surface area contributed by atoms with Crippen LogP contribution in [-0.4, -0.2) is 38.1 Å². The van der Waals surface area contributed by atoms with Crippen molar-refractivity contribution in [1.29, 1.82) is 5.41 Å². The highest BCUT2D eigenvalue weighted by molar-refractivity contribution is 8.27. The number of amidine groups is 2. The first-order valence-electron chi connectivity index (χ1n) is 11.0. The van der Waals surface area contributed by atoms with E-state index in [9.17, 15) is 9.18 Å². The molecule has 7 nitrogen and oxygen atoms in total. The Morgan fingerprint density at radius 2 is 1.89 bits per heavy atom. The van der Waals surface area contributed by atoms with Crippen molar-refractivity contribution in [1.82, 2.24) is 9.58 Å². The molecule has 0 spiro atoms. The molecule has 1 N–H and O–H groups in total. The van der Waals surface area contributed by atoms with Gasteiger partial charge in [-0.2, -0.15) is 15.1 Å². The van der Waals surface area contributed by atoms with E-state index >= 15 is 0 Å². The summed E-state index contributed by atoms with van der Waals surface area (Å²) >= 11 is 1.07. The van der Waals surface area contributed by atoms with E-state index in [1.165, 1.54) is 11.1 Å². The van der Waals surface area contributed by atoms with Gasteiger partial charge in [-0.1, -0.05) is 24.3 Å². The van der Waals surface area contributed by atoms with Crippen molar-refractivity contribution in [3.8, 4) is 11.4 Å². The molecule has 35 heavy (non-hydrogen) atoms. The quantitative estimate of drug-likeness (QED) is 0.495. The van der Waals surface area contributed by atoms with Crippen molar-refractivity contribution in [2.24, 2.45) is 10.1 Å². The van der Waals surface area contributed by atoms with Crippen LogP contribution >= 0.6 is 11.8 Å². The minimum absolute atomic E-state index is 0.0987. The molecule has 0 saturated carbocycles. The fraction of sp³-hybridized carbons (Fsp3) is 0.154.